The van der Waals surface area contributed by atoms with Crippen molar-refractivity contribution in [2.75, 3.05) is 16.8 Å². The molecule has 0 aliphatic rings. The van der Waals surface area contributed by atoms with Crippen LogP contribution in [0, 0.1) is 17.1 Å². The Labute approximate surface area is 163 Å². The van der Waals surface area contributed by atoms with E-state index >= 15 is 0 Å². The molecular weight excluding hydrogens is 387 g/mol. The summed E-state index contributed by atoms with van der Waals surface area (Å²) in [7, 11) is 0. The van der Waals surface area contributed by atoms with E-state index in [1.54, 1.807) is 18.2 Å². The van der Waals surface area contributed by atoms with Crippen molar-refractivity contribution in [3.05, 3.63) is 54.3 Å². The summed E-state index contributed by atoms with van der Waals surface area (Å²) in [6, 6.07) is 15.2. The van der Waals surface area contributed by atoms with Gasteiger partial charge in [0.25, 0.3) is 0 Å². The number of nitriles is 1. The molecule has 136 valence electrons. The molecule has 0 spiro atoms. The number of carbonyl (C=O) groups is 1. The minimum Gasteiger partial charge on any atom is -0.324 e. The molecule has 2 aromatic carbocycles. The van der Waals surface area contributed by atoms with Gasteiger partial charge < -0.3 is 5.32 Å². The van der Waals surface area contributed by atoms with Crippen molar-refractivity contribution < 1.29 is 9.18 Å². The monoisotopic (exact) mass is 400 g/mol. The summed E-state index contributed by atoms with van der Waals surface area (Å²) in [5, 5.41) is 23.2. The number of para-hydroxylation sites is 1. The maximum atomic E-state index is 13.4. The Morgan fingerprint density at radius 1 is 1.22 bits per heavy atom. The van der Waals surface area contributed by atoms with Gasteiger partial charge in [0.15, 0.2) is 0 Å². The lowest BCUT2D eigenvalue weighted by molar-refractivity contribution is -0.113. The molecule has 0 saturated carbocycles. The summed E-state index contributed by atoms with van der Waals surface area (Å²) in [6.07, 6.45) is 0. The van der Waals surface area contributed by atoms with Crippen LogP contribution in [-0.2, 0) is 4.79 Å². The first kappa shape index (κ1) is 18.9. The summed E-state index contributed by atoms with van der Waals surface area (Å²) >= 11 is 2.49. The molecule has 3 rings (SSSR count). The zero-order chi connectivity index (χ0) is 19.1. The largest absolute Gasteiger partial charge is 0.324 e. The predicted molar refractivity (Wildman–Crippen MR) is 101 cm³/mol. The minimum absolute atomic E-state index is 0.0763. The number of hydrogen-bond acceptors (Lipinski definition) is 7. The van der Waals surface area contributed by atoms with Crippen molar-refractivity contribution in [3.8, 4) is 11.8 Å². The van der Waals surface area contributed by atoms with Crippen LogP contribution >= 0.6 is 23.5 Å². The number of carbonyl (C=O) groups excluding carboxylic acids is 1. The lowest BCUT2D eigenvalue weighted by Gasteiger charge is -2.09. The van der Waals surface area contributed by atoms with Crippen LogP contribution in [0.25, 0.3) is 5.69 Å². The van der Waals surface area contributed by atoms with Crippen molar-refractivity contribution in [1.29, 1.82) is 5.26 Å². The number of aromatic nitrogens is 4. The number of tetrazole rings is 1. The number of benzene rings is 2. The lowest BCUT2D eigenvalue weighted by Crippen LogP contribution is -2.15. The van der Waals surface area contributed by atoms with Gasteiger partial charge in [-0.25, -0.2) is 4.39 Å². The van der Waals surface area contributed by atoms with Gasteiger partial charge in [-0.3, -0.25) is 4.79 Å². The number of nitrogens with zero attached hydrogens (tertiary/aromatic N) is 5. The molecule has 7 nitrogen and oxygen atoms in total. The molecular formula is C17H13FN6OS2. The van der Waals surface area contributed by atoms with Crippen LogP contribution in [0.2, 0.25) is 0 Å². The van der Waals surface area contributed by atoms with Gasteiger partial charge in [-0.15, -0.1) is 16.9 Å². The van der Waals surface area contributed by atoms with E-state index in [4.69, 9.17) is 5.26 Å². The number of anilines is 1. The third-order valence-corrected chi connectivity index (χ3v) is 5.14. The van der Waals surface area contributed by atoms with Gasteiger partial charge in [-0.2, -0.15) is 9.94 Å². The first-order chi connectivity index (χ1) is 13.2. The SMILES string of the molecule is N#CCSc1ccccc1NC(=O)CSc1nnnn1-c1cccc(F)c1. The fourth-order valence-electron chi connectivity index (χ4n) is 2.16. The van der Waals surface area contributed by atoms with E-state index in [-0.39, 0.29) is 11.7 Å². The molecule has 27 heavy (non-hydrogen) atoms. The second-order valence-corrected chi connectivity index (χ2v) is 7.09. The molecule has 0 unspecified atom stereocenters. The van der Waals surface area contributed by atoms with E-state index in [1.165, 1.54) is 28.6 Å². The molecule has 0 aliphatic carbocycles. The molecule has 0 radical (unpaired) electrons. The van der Waals surface area contributed by atoms with Crippen molar-refractivity contribution in [2.45, 2.75) is 10.1 Å². The molecule has 10 heteroatoms. The topological polar surface area (TPSA) is 96.5 Å². The molecule has 1 amide bonds. The second kappa shape index (κ2) is 9.16. The second-order valence-electron chi connectivity index (χ2n) is 5.13. The van der Waals surface area contributed by atoms with Gasteiger partial charge in [0.1, 0.15) is 5.82 Å². The zero-order valence-electron chi connectivity index (χ0n) is 13.9. The van der Waals surface area contributed by atoms with E-state index in [0.29, 0.717) is 22.3 Å². The smallest absolute Gasteiger partial charge is 0.234 e. The van der Waals surface area contributed by atoms with Gasteiger partial charge >= 0.3 is 0 Å². The molecule has 0 fully saturated rings. The van der Waals surface area contributed by atoms with Crippen LogP contribution in [0.1, 0.15) is 0 Å². The van der Waals surface area contributed by atoms with E-state index in [2.05, 4.69) is 26.9 Å². The van der Waals surface area contributed by atoms with Crippen molar-refractivity contribution in [2.24, 2.45) is 0 Å². The third kappa shape index (κ3) is 5.06. The Morgan fingerprint density at radius 2 is 2.07 bits per heavy atom. The normalized spacial score (nSPS) is 10.4. The summed E-state index contributed by atoms with van der Waals surface area (Å²) in [5.41, 5.74) is 1.12. The van der Waals surface area contributed by atoms with Crippen molar-refractivity contribution >= 4 is 35.1 Å². The number of nitrogens with one attached hydrogen (secondary N) is 1. The molecule has 1 N–H and O–H groups in total. The minimum atomic E-state index is -0.400. The van der Waals surface area contributed by atoms with Crippen molar-refractivity contribution in [3.63, 3.8) is 0 Å². The average molecular weight is 400 g/mol. The number of hydrogen-bond donors (Lipinski definition) is 1. The highest BCUT2D eigenvalue weighted by Gasteiger charge is 2.13. The van der Waals surface area contributed by atoms with Crippen LogP contribution in [-0.4, -0.2) is 37.6 Å². The van der Waals surface area contributed by atoms with Crippen LogP contribution < -0.4 is 5.32 Å². The zero-order valence-corrected chi connectivity index (χ0v) is 15.5. The van der Waals surface area contributed by atoms with E-state index in [9.17, 15) is 9.18 Å². The van der Waals surface area contributed by atoms with Crippen molar-refractivity contribution in [1.82, 2.24) is 20.2 Å². The Bertz CT molecular complexity index is 987. The van der Waals surface area contributed by atoms with Crippen LogP contribution in [0.4, 0.5) is 10.1 Å². The fraction of sp³-hybridized carbons (Fsp3) is 0.118. The van der Waals surface area contributed by atoms with Gasteiger partial charge in [0.2, 0.25) is 11.1 Å². The molecule has 1 aromatic heterocycles. The van der Waals surface area contributed by atoms with Gasteiger partial charge in [-0.1, -0.05) is 30.0 Å². The van der Waals surface area contributed by atoms with Crippen LogP contribution in [0.3, 0.4) is 0 Å². The maximum Gasteiger partial charge on any atom is 0.234 e. The molecule has 0 saturated heterocycles. The number of halogens is 1. The Kier molecular flexibility index (Phi) is 6.40. The molecule has 0 atom stereocenters. The van der Waals surface area contributed by atoms with Gasteiger partial charge in [-0.05, 0) is 40.8 Å². The third-order valence-electron chi connectivity index (χ3n) is 3.28. The number of amides is 1. The Balaban J connectivity index is 1.64. The maximum absolute atomic E-state index is 13.4. The van der Waals surface area contributed by atoms with E-state index in [1.807, 2.05) is 18.2 Å². The van der Waals surface area contributed by atoms with Crippen LogP contribution in [0.5, 0.6) is 0 Å². The van der Waals surface area contributed by atoms with E-state index < -0.39 is 5.82 Å². The molecule has 1 heterocycles. The molecule has 3 aromatic rings. The first-order valence-electron chi connectivity index (χ1n) is 7.73. The molecule has 0 bridgehead atoms. The standard InChI is InChI=1S/C17H13FN6OS2/c18-12-4-3-5-13(10-12)24-17(21-22-23-24)27-11-16(25)20-14-6-1-2-7-15(14)26-9-8-19/h1-7,10H,9,11H2,(H,20,25). The highest BCUT2D eigenvalue weighted by Crippen LogP contribution is 2.27. The summed E-state index contributed by atoms with van der Waals surface area (Å²) in [4.78, 5) is 13.1. The quantitative estimate of drug-likeness (QED) is 0.609. The van der Waals surface area contributed by atoms with Crippen LogP contribution in [0.15, 0.2) is 58.6 Å². The number of rotatable bonds is 7. The lowest BCUT2D eigenvalue weighted by atomic mass is 10.3. The molecule has 0 aliphatic heterocycles. The van der Waals surface area contributed by atoms with E-state index in [0.717, 1.165) is 16.7 Å². The highest BCUT2D eigenvalue weighted by molar-refractivity contribution is 8.00. The summed E-state index contributed by atoms with van der Waals surface area (Å²) < 4.78 is 14.8. The highest BCUT2D eigenvalue weighted by atomic mass is 32.2. The van der Waals surface area contributed by atoms with Gasteiger partial charge in [0, 0.05) is 4.90 Å². The Morgan fingerprint density at radius 3 is 2.89 bits per heavy atom. The first-order valence-corrected chi connectivity index (χ1v) is 9.70. The Hall–Kier alpha value is -2.90. The number of thioether (sulfide) groups is 2. The summed E-state index contributed by atoms with van der Waals surface area (Å²) in [5.74, 6) is -0.265. The summed E-state index contributed by atoms with van der Waals surface area (Å²) in [6.45, 7) is 0. The fourth-order valence-corrected chi connectivity index (χ4v) is 3.52. The average Bonchev–Trinajstić information content (AvgIpc) is 3.14. The predicted octanol–water partition coefficient (Wildman–Crippen LogP) is 3.15. The van der Waals surface area contributed by atoms with Gasteiger partial charge in [0.05, 0.1) is 28.9 Å².